The summed E-state index contributed by atoms with van der Waals surface area (Å²) in [4.78, 5) is 9.33. The van der Waals surface area contributed by atoms with Gasteiger partial charge in [0, 0.05) is 44.6 Å². The van der Waals surface area contributed by atoms with Crippen LogP contribution in [0.4, 0.5) is 11.5 Å². The fourth-order valence-corrected chi connectivity index (χ4v) is 5.19. The molecule has 2 aromatic heterocycles. The van der Waals surface area contributed by atoms with E-state index in [0.717, 1.165) is 44.1 Å². The van der Waals surface area contributed by atoms with Gasteiger partial charge in [0.2, 0.25) is 0 Å². The number of hydrogen-bond acceptors (Lipinski definition) is 6. The molecule has 0 bridgehead atoms. The van der Waals surface area contributed by atoms with Crippen molar-refractivity contribution in [1.29, 1.82) is 0 Å². The normalized spacial score (nSPS) is 15.3. The van der Waals surface area contributed by atoms with Crippen molar-refractivity contribution < 1.29 is 8.42 Å². The van der Waals surface area contributed by atoms with E-state index in [9.17, 15) is 8.42 Å². The minimum absolute atomic E-state index is 0.206. The van der Waals surface area contributed by atoms with E-state index in [-0.39, 0.29) is 4.90 Å². The van der Waals surface area contributed by atoms with Gasteiger partial charge >= 0.3 is 0 Å². The molecule has 30 heavy (non-hydrogen) atoms. The van der Waals surface area contributed by atoms with Crippen LogP contribution in [0.1, 0.15) is 17.0 Å². The second-order valence-corrected chi connectivity index (χ2v) is 9.14. The van der Waals surface area contributed by atoms with Crippen molar-refractivity contribution in [3.8, 4) is 0 Å². The lowest BCUT2D eigenvalue weighted by atomic mass is 10.2. The van der Waals surface area contributed by atoms with E-state index in [1.165, 1.54) is 0 Å². The van der Waals surface area contributed by atoms with Crippen molar-refractivity contribution >= 4 is 21.5 Å². The number of benzene rings is 1. The molecule has 0 radical (unpaired) electrons. The van der Waals surface area contributed by atoms with Crippen LogP contribution in [0.3, 0.4) is 0 Å². The lowest BCUT2D eigenvalue weighted by Crippen LogP contribution is -2.46. The van der Waals surface area contributed by atoms with Crippen LogP contribution in [-0.4, -0.2) is 54.7 Å². The van der Waals surface area contributed by atoms with Gasteiger partial charge in [-0.1, -0.05) is 18.2 Å². The molecule has 0 unspecified atom stereocenters. The Morgan fingerprint density at radius 1 is 1.03 bits per heavy atom. The van der Waals surface area contributed by atoms with E-state index < -0.39 is 10.0 Å². The smallest absolute Gasteiger partial charge is 0.265 e. The molecule has 0 atom stereocenters. The molecule has 1 fully saturated rings. The van der Waals surface area contributed by atoms with Gasteiger partial charge in [0.05, 0.1) is 11.4 Å². The summed E-state index contributed by atoms with van der Waals surface area (Å²) in [6.45, 7) is 8.02. The maximum absolute atomic E-state index is 12.7. The Hall–Kier alpha value is -2.91. The molecule has 1 aliphatic heterocycles. The Morgan fingerprint density at radius 2 is 1.77 bits per heavy atom. The molecule has 158 valence electrons. The molecule has 0 aliphatic carbocycles. The molecule has 0 spiro atoms. The number of piperazine rings is 1. The first-order chi connectivity index (χ1) is 14.4. The number of anilines is 2. The first-order valence-electron chi connectivity index (χ1n) is 9.94. The van der Waals surface area contributed by atoms with Gasteiger partial charge in [-0.3, -0.25) is 14.7 Å². The summed E-state index contributed by atoms with van der Waals surface area (Å²) in [6, 6.07) is 13.5. The zero-order valence-electron chi connectivity index (χ0n) is 17.2. The van der Waals surface area contributed by atoms with Crippen molar-refractivity contribution in [2.45, 2.75) is 25.3 Å². The van der Waals surface area contributed by atoms with E-state index in [0.29, 0.717) is 17.1 Å². The van der Waals surface area contributed by atoms with Crippen molar-refractivity contribution in [1.82, 2.24) is 20.1 Å². The van der Waals surface area contributed by atoms with Gasteiger partial charge in [0.15, 0.2) is 0 Å². The molecule has 4 rings (SSSR count). The Balaban J connectivity index is 1.34. The summed E-state index contributed by atoms with van der Waals surface area (Å²) in [5, 5.41) is 6.69. The Labute approximate surface area is 177 Å². The highest BCUT2D eigenvalue weighted by Crippen LogP contribution is 2.22. The van der Waals surface area contributed by atoms with Crippen molar-refractivity contribution in [3.63, 3.8) is 0 Å². The van der Waals surface area contributed by atoms with Crippen molar-refractivity contribution in [2.75, 3.05) is 35.8 Å². The Kier molecular flexibility index (Phi) is 5.74. The third-order valence-electron chi connectivity index (χ3n) is 5.29. The monoisotopic (exact) mass is 426 g/mol. The van der Waals surface area contributed by atoms with Crippen LogP contribution in [0, 0.1) is 13.8 Å². The first-order valence-corrected chi connectivity index (χ1v) is 11.4. The molecule has 2 N–H and O–H groups in total. The number of nitrogens with one attached hydrogen (secondary N) is 2. The highest BCUT2D eigenvalue weighted by atomic mass is 32.2. The van der Waals surface area contributed by atoms with E-state index in [1.807, 2.05) is 48.7 Å². The summed E-state index contributed by atoms with van der Waals surface area (Å²) >= 11 is 0. The average molecular weight is 427 g/mol. The molecule has 3 aromatic rings. The number of aromatic amines is 1. The molecule has 0 saturated carbocycles. The van der Waals surface area contributed by atoms with Crippen LogP contribution in [0.25, 0.3) is 0 Å². The van der Waals surface area contributed by atoms with E-state index >= 15 is 0 Å². The second kappa shape index (κ2) is 8.45. The number of H-pyrrole nitrogens is 1. The summed E-state index contributed by atoms with van der Waals surface area (Å²) in [7, 11) is -3.67. The number of rotatable bonds is 6. The highest BCUT2D eigenvalue weighted by Gasteiger charge is 2.22. The van der Waals surface area contributed by atoms with Gasteiger partial charge in [-0.15, -0.1) is 0 Å². The second-order valence-electron chi connectivity index (χ2n) is 7.52. The van der Waals surface area contributed by atoms with Crippen LogP contribution in [0.15, 0.2) is 53.6 Å². The molecule has 1 aliphatic rings. The third kappa shape index (κ3) is 4.47. The Morgan fingerprint density at radius 3 is 2.37 bits per heavy atom. The fraction of sp³-hybridized carbons (Fsp3) is 0.333. The van der Waals surface area contributed by atoms with Gasteiger partial charge in [-0.25, -0.2) is 13.4 Å². The van der Waals surface area contributed by atoms with Gasteiger partial charge < -0.3 is 4.90 Å². The minimum atomic E-state index is -3.67. The van der Waals surface area contributed by atoms with Crippen LogP contribution in [0.5, 0.6) is 0 Å². The first kappa shape index (κ1) is 20.4. The van der Waals surface area contributed by atoms with Crippen molar-refractivity contribution in [2.24, 2.45) is 0 Å². The van der Waals surface area contributed by atoms with Gasteiger partial charge in [-0.05, 0) is 43.7 Å². The SMILES string of the molecule is Cc1n[nH]c(C)c1S(=O)(=O)Nc1ccc(CN2CCN(c3ccccn3)CC2)cc1. The quantitative estimate of drug-likeness (QED) is 0.629. The number of hydrogen-bond donors (Lipinski definition) is 2. The molecule has 1 aromatic carbocycles. The minimum Gasteiger partial charge on any atom is -0.354 e. The van der Waals surface area contributed by atoms with Gasteiger partial charge in [-0.2, -0.15) is 5.10 Å². The zero-order chi connectivity index (χ0) is 21.1. The van der Waals surface area contributed by atoms with E-state index in [4.69, 9.17) is 0 Å². The molecule has 9 heteroatoms. The predicted molar refractivity (Wildman–Crippen MR) is 117 cm³/mol. The zero-order valence-corrected chi connectivity index (χ0v) is 18.0. The summed E-state index contributed by atoms with van der Waals surface area (Å²) < 4.78 is 28.0. The van der Waals surface area contributed by atoms with Crippen LogP contribution in [0.2, 0.25) is 0 Å². The Bertz CT molecular complexity index is 1070. The number of aromatic nitrogens is 3. The number of aryl methyl sites for hydroxylation is 2. The molecular weight excluding hydrogens is 400 g/mol. The lowest BCUT2D eigenvalue weighted by Gasteiger charge is -2.35. The molecule has 0 amide bonds. The van der Waals surface area contributed by atoms with Crippen molar-refractivity contribution in [3.05, 3.63) is 65.6 Å². The number of sulfonamides is 1. The summed E-state index contributed by atoms with van der Waals surface area (Å²) in [6.07, 6.45) is 1.83. The van der Waals surface area contributed by atoms with Crippen LogP contribution >= 0.6 is 0 Å². The van der Waals surface area contributed by atoms with E-state index in [1.54, 1.807) is 13.8 Å². The van der Waals surface area contributed by atoms with Crippen LogP contribution < -0.4 is 9.62 Å². The maximum Gasteiger partial charge on any atom is 0.265 e. The lowest BCUT2D eigenvalue weighted by molar-refractivity contribution is 0.249. The largest absolute Gasteiger partial charge is 0.354 e. The molecule has 1 saturated heterocycles. The fourth-order valence-electron chi connectivity index (χ4n) is 3.76. The maximum atomic E-state index is 12.7. The van der Waals surface area contributed by atoms with Gasteiger partial charge in [0.25, 0.3) is 10.0 Å². The average Bonchev–Trinajstić information content (AvgIpc) is 3.09. The number of nitrogens with zero attached hydrogens (tertiary/aromatic N) is 4. The molecule has 3 heterocycles. The summed E-state index contributed by atoms with van der Waals surface area (Å²) in [5.41, 5.74) is 2.68. The van der Waals surface area contributed by atoms with Crippen LogP contribution in [-0.2, 0) is 16.6 Å². The highest BCUT2D eigenvalue weighted by molar-refractivity contribution is 7.92. The summed E-state index contributed by atoms with van der Waals surface area (Å²) in [5.74, 6) is 1.02. The predicted octanol–water partition coefficient (Wildman–Crippen LogP) is 2.54. The molecular formula is C21H26N6O2S. The third-order valence-corrected chi connectivity index (χ3v) is 6.93. The molecule has 8 nitrogen and oxygen atoms in total. The standard InChI is InChI=1S/C21H26N6O2S/c1-16-21(17(2)24-23-16)30(28,29)25-19-8-6-18(7-9-19)15-26-11-13-27(14-12-26)20-5-3-4-10-22-20/h3-10,25H,11-15H2,1-2H3,(H,23,24). The van der Waals surface area contributed by atoms with Gasteiger partial charge in [0.1, 0.15) is 10.7 Å². The number of pyridine rings is 1. The topological polar surface area (TPSA) is 94.2 Å². The van der Waals surface area contributed by atoms with E-state index in [2.05, 4.69) is 29.7 Å².